The van der Waals surface area contributed by atoms with E-state index in [0.29, 0.717) is 12.3 Å². The maximum Gasteiger partial charge on any atom is 0.117 e. The Morgan fingerprint density at radius 2 is 2.40 bits per heavy atom. The quantitative estimate of drug-likeness (QED) is 0.491. The second-order valence-corrected chi connectivity index (χ2v) is 3.58. The van der Waals surface area contributed by atoms with Gasteiger partial charge in [0.25, 0.3) is 0 Å². The predicted octanol–water partition coefficient (Wildman–Crippen LogP) is 2.70. The van der Waals surface area contributed by atoms with Gasteiger partial charge < -0.3 is 0 Å². The topological polar surface area (TPSA) is 0 Å². The summed E-state index contributed by atoms with van der Waals surface area (Å²) in [6.45, 7) is 1.95. The van der Waals surface area contributed by atoms with Crippen molar-refractivity contribution in [3.8, 4) is 0 Å². The number of hydrogen-bond acceptors (Lipinski definition) is 0. The second kappa shape index (κ2) is 1.84. The Morgan fingerprint density at radius 3 is 2.70 bits per heavy atom. The number of allylic oxidation sites excluding steroid dienone is 2. The lowest BCUT2D eigenvalue weighted by molar-refractivity contribution is 0.123. The lowest BCUT2D eigenvalue weighted by Crippen LogP contribution is -2.26. The minimum absolute atomic E-state index is 0.252. The monoisotopic (exact) mass is 140 g/mol. The van der Waals surface area contributed by atoms with Gasteiger partial charge >= 0.3 is 0 Å². The summed E-state index contributed by atoms with van der Waals surface area (Å²) >= 11 is 0. The summed E-state index contributed by atoms with van der Waals surface area (Å²) in [4.78, 5) is 0. The molecule has 2 rings (SSSR count). The molecule has 1 saturated carbocycles. The van der Waals surface area contributed by atoms with Gasteiger partial charge in [-0.1, -0.05) is 19.1 Å². The Balaban J connectivity index is 2.22. The SMILES string of the molecule is CCC1(F)CC2C=CC1C2. The molecule has 0 aromatic rings. The maximum atomic E-state index is 13.7. The highest BCUT2D eigenvalue weighted by Gasteiger charge is 2.47. The molecular formula is C9H13F. The van der Waals surface area contributed by atoms with Crippen molar-refractivity contribution in [1.29, 1.82) is 0 Å². The van der Waals surface area contributed by atoms with Crippen LogP contribution in [0.5, 0.6) is 0 Å². The third-order valence-corrected chi connectivity index (χ3v) is 3.03. The highest BCUT2D eigenvalue weighted by atomic mass is 19.1. The summed E-state index contributed by atoms with van der Waals surface area (Å²) in [6, 6.07) is 0. The van der Waals surface area contributed by atoms with Gasteiger partial charge in [0.2, 0.25) is 0 Å². The molecule has 2 aliphatic rings. The molecule has 1 fully saturated rings. The molecule has 0 aliphatic heterocycles. The van der Waals surface area contributed by atoms with Crippen LogP contribution in [0.15, 0.2) is 12.2 Å². The van der Waals surface area contributed by atoms with Crippen LogP contribution in [-0.2, 0) is 0 Å². The van der Waals surface area contributed by atoms with Crippen molar-refractivity contribution in [2.24, 2.45) is 11.8 Å². The van der Waals surface area contributed by atoms with Gasteiger partial charge in [0.1, 0.15) is 5.67 Å². The molecule has 2 bridgehead atoms. The minimum atomic E-state index is -0.834. The molecule has 0 amide bonds. The summed E-state index contributed by atoms with van der Waals surface area (Å²) in [5.74, 6) is 0.817. The third kappa shape index (κ3) is 0.664. The summed E-state index contributed by atoms with van der Waals surface area (Å²) in [7, 11) is 0. The Labute approximate surface area is 61.1 Å². The molecule has 2 aliphatic carbocycles. The van der Waals surface area contributed by atoms with E-state index < -0.39 is 5.67 Å². The Kier molecular flexibility index (Phi) is 1.17. The Hall–Kier alpha value is -0.330. The van der Waals surface area contributed by atoms with Gasteiger partial charge in [-0.3, -0.25) is 0 Å². The van der Waals surface area contributed by atoms with E-state index in [1.54, 1.807) is 0 Å². The molecule has 3 unspecified atom stereocenters. The minimum Gasteiger partial charge on any atom is -0.243 e. The van der Waals surface area contributed by atoms with Crippen molar-refractivity contribution in [1.82, 2.24) is 0 Å². The van der Waals surface area contributed by atoms with Crippen LogP contribution in [0.25, 0.3) is 0 Å². The lowest BCUT2D eigenvalue weighted by atomic mass is 9.88. The first kappa shape index (κ1) is 6.38. The summed E-state index contributed by atoms with van der Waals surface area (Å²) < 4.78 is 13.7. The maximum absolute atomic E-state index is 13.7. The first-order valence-electron chi connectivity index (χ1n) is 4.12. The fraction of sp³-hybridized carbons (Fsp3) is 0.778. The van der Waals surface area contributed by atoms with Crippen LogP contribution in [0.1, 0.15) is 26.2 Å². The smallest absolute Gasteiger partial charge is 0.117 e. The van der Waals surface area contributed by atoms with Crippen molar-refractivity contribution >= 4 is 0 Å². The van der Waals surface area contributed by atoms with Crippen molar-refractivity contribution in [3.05, 3.63) is 12.2 Å². The van der Waals surface area contributed by atoms with Crippen LogP contribution in [0.3, 0.4) is 0 Å². The molecular weight excluding hydrogens is 127 g/mol. The van der Waals surface area contributed by atoms with Crippen molar-refractivity contribution in [3.63, 3.8) is 0 Å². The van der Waals surface area contributed by atoms with Crippen LogP contribution < -0.4 is 0 Å². The van der Waals surface area contributed by atoms with Crippen molar-refractivity contribution in [2.45, 2.75) is 31.9 Å². The first-order chi connectivity index (χ1) is 4.74. The van der Waals surface area contributed by atoms with Crippen LogP contribution in [0.2, 0.25) is 0 Å². The zero-order chi connectivity index (χ0) is 7.19. The van der Waals surface area contributed by atoms with E-state index in [4.69, 9.17) is 0 Å². The molecule has 0 aromatic carbocycles. The van der Waals surface area contributed by atoms with Crippen LogP contribution >= 0.6 is 0 Å². The lowest BCUT2D eigenvalue weighted by Gasteiger charge is -2.24. The number of halogens is 1. The molecule has 0 heterocycles. The normalized spacial score (nSPS) is 50.6. The first-order valence-corrected chi connectivity index (χ1v) is 4.12. The van der Waals surface area contributed by atoms with E-state index in [2.05, 4.69) is 12.2 Å². The molecule has 0 spiro atoms. The Bertz CT molecular complexity index is 174. The molecule has 0 saturated heterocycles. The van der Waals surface area contributed by atoms with Gasteiger partial charge in [0.05, 0.1) is 0 Å². The van der Waals surface area contributed by atoms with E-state index >= 15 is 0 Å². The molecule has 56 valence electrons. The van der Waals surface area contributed by atoms with Gasteiger partial charge in [-0.2, -0.15) is 0 Å². The van der Waals surface area contributed by atoms with E-state index in [9.17, 15) is 4.39 Å². The molecule has 10 heavy (non-hydrogen) atoms. The standard InChI is InChI=1S/C9H13F/c1-2-9(10)6-7-3-4-8(9)5-7/h3-4,7-8H,2,5-6H2,1H3. The highest BCUT2D eigenvalue weighted by molar-refractivity contribution is 5.16. The summed E-state index contributed by atoms with van der Waals surface area (Å²) in [6.07, 6.45) is 6.79. The molecule has 1 heteroatoms. The van der Waals surface area contributed by atoms with Gasteiger partial charge in [-0.15, -0.1) is 0 Å². The third-order valence-electron chi connectivity index (χ3n) is 3.03. The average molecular weight is 140 g/mol. The van der Waals surface area contributed by atoms with Crippen LogP contribution in [-0.4, -0.2) is 5.67 Å². The van der Waals surface area contributed by atoms with E-state index in [-0.39, 0.29) is 5.92 Å². The van der Waals surface area contributed by atoms with Gasteiger partial charge in [-0.25, -0.2) is 4.39 Å². The molecule has 0 radical (unpaired) electrons. The van der Waals surface area contributed by atoms with Crippen molar-refractivity contribution in [2.75, 3.05) is 0 Å². The van der Waals surface area contributed by atoms with Gasteiger partial charge in [-0.05, 0) is 25.2 Å². The number of fused-ring (bicyclic) bond motifs is 2. The van der Waals surface area contributed by atoms with Crippen molar-refractivity contribution < 1.29 is 4.39 Å². The van der Waals surface area contributed by atoms with E-state index in [0.717, 1.165) is 12.8 Å². The van der Waals surface area contributed by atoms with E-state index in [1.165, 1.54) is 0 Å². The molecule has 3 atom stereocenters. The largest absolute Gasteiger partial charge is 0.243 e. The number of alkyl halides is 1. The number of hydrogen-bond donors (Lipinski definition) is 0. The summed E-state index contributed by atoms with van der Waals surface area (Å²) in [5, 5.41) is 0. The molecule has 0 nitrogen and oxygen atoms in total. The highest BCUT2D eigenvalue weighted by Crippen LogP contribution is 2.50. The number of rotatable bonds is 1. The molecule has 0 N–H and O–H groups in total. The zero-order valence-corrected chi connectivity index (χ0v) is 6.31. The molecule has 0 aromatic heterocycles. The fourth-order valence-electron chi connectivity index (χ4n) is 2.30. The van der Waals surface area contributed by atoms with Crippen LogP contribution in [0.4, 0.5) is 4.39 Å². The Morgan fingerprint density at radius 1 is 1.60 bits per heavy atom. The van der Waals surface area contributed by atoms with Gasteiger partial charge in [0.15, 0.2) is 0 Å². The van der Waals surface area contributed by atoms with Crippen LogP contribution in [0, 0.1) is 11.8 Å². The fourth-order valence-corrected chi connectivity index (χ4v) is 2.30. The second-order valence-electron chi connectivity index (χ2n) is 3.58. The summed E-state index contributed by atoms with van der Waals surface area (Å²) in [5.41, 5.74) is -0.834. The zero-order valence-electron chi connectivity index (χ0n) is 6.31. The van der Waals surface area contributed by atoms with Gasteiger partial charge in [0, 0.05) is 5.92 Å². The van der Waals surface area contributed by atoms with E-state index in [1.807, 2.05) is 6.92 Å². The average Bonchev–Trinajstić information content (AvgIpc) is 2.46. The predicted molar refractivity (Wildman–Crippen MR) is 39.5 cm³/mol.